The third-order valence-corrected chi connectivity index (χ3v) is 1.96. The quantitative estimate of drug-likeness (QED) is 0.723. The highest BCUT2D eigenvalue weighted by atomic mass is 16.6. The van der Waals surface area contributed by atoms with Crippen molar-refractivity contribution in [2.45, 2.75) is 6.92 Å². The molecule has 0 amide bonds. The molecule has 1 aromatic rings. The average molecular weight is 235 g/mol. The highest BCUT2D eigenvalue weighted by molar-refractivity contribution is 5.71. The SMILES string of the molecule is CCOC(=O)COc1cc(OC)ccc1C#N. The number of benzene rings is 1. The maximum atomic E-state index is 11.1. The van der Waals surface area contributed by atoms with Gasteiger partial charge in [0, 0.05) is 6.07 Å². The van der Waals surface area contributed by atoms with Gasteiger partial charge in [-0.25, -0.2) is 4.79 Å². The number of carbonyl (C=O) groups is 1. The zero-order valence-electron chi connectivity index (χ0n) is 9.73. The second-order valence-corrected chi connectivity index (χ2v) is 3.07. The molecule has 17 heavy (non-hydrogen) atoms. The Bertz CT molecular complexity index is 437. The molecule has 0 saturated heterocycles. The molecule has 0 bridgehead atoms. The molecule has 0 atom stereocenters. The standard InChI is InChI=1S/C12H13NO4/c1-3-16-12(14)8-17-11-6-10(15-2)5-4-9(11)7-13/h4-6H,3,8H2,1-2H3. The lowest BCUT2D eigenvalue weighted by Crippen LogP contribution is -2.15. The minimum absolute atomic E-state index is 0.227. The summed E-state index contributed by atoms with van der Waals surface area (Å²) in [6, 6.07) is 6.74. The highest BCUT2D eigenvalue weighted by Gasteiger charge is 2.08. The Balaban J connectivity index is 2.75. The summed E-state index contributed by atoms with van der Waals surface area (Å²) >= 11 is 0. The molecule has 0 aliphatic carbocycles. The highest BCUT2D eigenvalue weighted by Crippen LogP contribution is 2.24. The van der Waals surface area contributed by atoms with Gasteiger partial charge in [-0.2, -0.15) is 5.26 Å². The molecule has 0 unspecified atom stereocenters. The van der Waals surface area contributed by atoms with Gasteiger partial charge in [0.1, 0.15) is 17.6 Å². The van der Waals surface area contributed by atoms with Gasteiger partial charge in [-0.1, -0.05) is 0 Å². The van der Waals surface area contributed by atoms with E-state index in [1.807, 2.05) is 6.07 Å². The van der Waals surface area contributed by atoms with Crippen molar-refractivity contribution in [2.75, 3.05) is 20.3 Å². The van der Waals surface area contributed by atoms with E-state index in [2.05, 4.69) is 0 Å². The topological polar surface area (TPSA) is 68.6 Å². The van der Waals surface area contributed by atoms with E-state index in [4.69, 9.17) is 19.5 Å². The second-order valence-electron chi connectivity index (χ2n) is 3.07. The third kappa shape index (κ3) is 3.68. The normalized spacial score (nSPS) is 9.24. The van der Waals surface area contributed by atoms with E-state index in [9.17, 15) is 4.79 Å². The lowest BCUT2D eigenvalue weighted by Gasteiger charge is -2.08. The number of nitrogens with zero attached hydrogens (tertiary/aromatic N) is 1. The van der Waals surface area contributed by atoms with Crippen LogP contribution in [0.4, 0.5) is 0 Å². The van der Waals surface area contributed by atoms with Crippen LogP contribution in [0.1, 0.15) is 12.5 Å². The maximum absolute atomic E-state index is 11.1. The second kappa shape index (κ2) is 6.38. The zero-order chi connectivity index (χ0) is 12.7. The Morgan fingerprint density at radius 1 is 1.47 bits per heavy atom. The van der Waals surface area contributed by atoms with Crippen LogP contribution in [-0.2, 0) is 9.53 Å². The zero-order valence-corrected chi connectivity index (χ0v) is 9.73. The number of carbonyl (C=O) groups excluding carboxylic acids is 1. The Morgan fingerprint density at radius 2 is 2.24 bits per heavy atom. The molecular formula is C12H13NO4. The lowest BCUT2D eigenvalue weighted by molar-refractivity contribution is -0.145. The van der Waals surface area contributed by atoms with E-state index < -0.39 is 5.97 Å². The first kappa shape index (κ1) is 12.8. The van der Waals surface area contributed by atoms with Gasteiger partial charge in [-0.15, -0.1) is 0 Å². The molecule has 0 radical (unpaired) electrons. The van der Waals surface area contributed by atoms with Crippen molar-refractivity contribution in [3.05, 3.63) is 23.8 Å². The van der Waals surface area contributed by atoms with Crippen LogP contribution in [0.2, 0.25) is 0 Å². The van der Waals surface area contributed by atoms with Crippen molar-refractivity contribution in [2.24, 2.45) is 0 Å². The monoisotopic (exact) mass is 235 g/mol. The van der Waals surface area contributed by atoms with Crippen LogP contribution in [-0.4, -0.2) is 26.3 Å². The van der Waals surface area contributed by atoms with Gasteiger partial charge in [0.25, 0.3) is 0 Å². The largest absolute Gasteiger partial charge is 0.497 e. The molecule has 1 rings (SSSR count). The lowest BCUT2D eigenvalue weighted by atomic mass is 10.2. The van der Waals surface area contributed by atoms with E-state index >= 15 is 0 Å². The molecule has 0 N–H and O–H groups in total. The number of methoxy groups -OCH3 is 1. The van der Waals surface area contributed by atoms with Crippen LogP contribution in [0.5, 0.6) is 11.5 Å². The summed E-state index contributed by atoms with van der Waals surface area (Å²) in [7, 11) is 1.51. The first-order valence-corrected chi connectivity index (χ1v) is 5.07. The number of rotatable bonds is 5. The summed E-state index contributed by atoms with van der Waals surface area (Å²) in [4.78, 5) is 11.1. The summed E-state index contributed by atoms with van der Waals surface area (Å²) in [6.45, 7) is 1.78. The van der Waals surface area contributed by atoms with Crippen LogP contribution < -0.4 is 9.47 Å². The van der Waals surface area contributed by atoms with E-state index in [-0.39, 0.29) is 6.61 Å². The first-order chi connectivity index (χ1) is 8.21. The average Bonchev–Trinajstić information content (AvgIpc) is 2.36. The molecule has 0 heterocycles. The van der Waals surface area contributed by atoms with Gasteiger partial charge in [-0.3, -0.25) is 0 Å². The first-order valence-electron chi connectivity index (χ1n) is 5.07. The van der Waals surface area contributed by atoms with Crippen molar-refractivity contribution in [1.29, 1.82) is 5.26 Å². The van der Waals surface area contributed by atoms with Crippen LogP contribution in [0.15, 0.2) is 18.2 Å². The van der Waals surface area contributed by atoms with Gasteiger partial charge >= 0.3 is 5.97 Å². The van der Waals surface area contributed by atoms with E-state index in [1.165, 1.54) is 7.11 Å². The van der Waals surface area contributed by atoms with E-state index in [0.29, 0.717) is 23.7 Å². The molecule has 0 aliphatic rings. The predicted octanol–water partition coefficient (Wildman–Crippen LogP) is 1.51. The fourth-order valence-electron chi connectivity index (χ4n) is 1.18. The smallest absolute Gasteiger partial charge is 0.344 e. The van der Waals surface area contributed by atoms with E-state index in [1.54, 1.807) is 25.1 Å². The fourth-order valence-corrected chi connectivity index (χ4v) is 1.18. The number of nitriles is 1. The minimum atomic E-state index is -0.473. The van der Waals surface area contributed by atoms with Crippen LogP contribution >= 0.6 is 0 Å². The Morgan fingerprint density at radius 3 is 2.82 bits per heavy atom. The molecule has 5 heteroatoms. The predicted molar refractivity (Wildman–Crippen MR) is 59.8 cm³/mol. The summed E-state index contributed by atoms with van der Waals surface area (Å²) in [5, 5.41) is 8.86. The molecule has 5 nitrogen and oxygen atoms in total. The molecule has 0 fully saturated rings. The number of ether oxygens (including phenoxy) is 3. The summed E-state index contributed by atoms with van der Waals surface area (Å²) < 4.78 is 14.9. The van der Waals surface area contributed by atoms with Gasteiger partial charge in [0.15, 0.2) is 6.61 Å². The van der Waals surface area contributed by atoms with Crippen molar-refractivity contribution >= 4 is 5.97 Å². The molecule has 90 valence electrons. The van der Waals surface area contributed by atoms with Crippen LogP contribution in [0.25, 0.3) is 0 Å². The van der Waals surface area contributed by atoms with Crippen molar-refractivity contribution in [3.8, 4) is 17.6 Å². The van der Waals surface area contributed by atoms with Gasteiger partial charge in [0.05, 0.1) is 19.3 Å². The van der Waals surface area contributed by atoms with Gasteiger partial charge < -0.3 is 14.2 Å². The Hall–Kier alpha value is -2.22. The van der Waals surface area contributed by atoms with Crippen LogP contribution in [0, 0.1) is 11.3 Å². The van der Waals surface area contributed by atoms with Crippen molar-refractivity contribution in [1.82, 2.24) is 0 Å². The molecule has 0 aromatic heterocycles. The molecule has 0 saturated carbocycles. The molecule has 0 spiro atoms. The van der Waals surface area contributed by atoms with Crippen molar-refractivity contribution < 1.29 is 19.0 Å². The summed E-state index contributed by atoms with van der Waals surface area (Å²) in [5.41, 5.74) is 0.343. The van der Waals surface area contributed by atoms with Gasteiger partial charge in [0.2, 0.25) is 0 Å². The van der Waals surface area contributed by atoms with Crippen LogP contribution in [0.3, 0.4) is 0 Å². The van der Waals surface area contributed by atoms with Crippen molar-refractivity contribution in [3.63, 3.8) is 0 Å². The van der Waals surface area contributed by atoms with E-state index in [0.717, 1.165) is 0 Å². The Labute approximate surface area is 99.5 Å². The maximum Gasteiger partial charge on any atom is 0.344 e. The van der Waals surface area contributed by atoms with Gasteiger partial charge in [-0.05, 0) is 19.1 Å². The Kier molecular flexibility index (Phi) is 4.82. The minimum Gasteiger partial charge on any atom is -0.497 e. The molecule has 0 aliphatic heterocycles. The number of esters is 1. The fraction of sp³-hybridized carbons (Fsp3) is 0.333. The number of hydrogen-bond acceptors (Lipinski definition) is 5. The molecular weight excluding hydrogens is 222 g/mol. The number of hydrogen-bond donors (Lipinski definition) is 0. The summed E-state index contributed by atoms with van der Waals surface area (Å²) in [5.74, 6) is 0.391. The third-order valence-electron chi connectivity index (χ3n) is 1.96. The molecule has 1 aromatic carbocycles. The summed E-state index contributed by atoms with van der Waals surface area (Å²) in [6.07, 6.45) is 0.